The van der Waals surface area contributed by atoms with Crippen molar-refractivity contribution in [2.75, 3.05) is 6.54 Å². The molecular weight excluding hydrogens is 202 g/mol. The Kier molecular flexibility index (Phi) is 4.02. The monoisotopic (exact) mass is 220 g/mol. The largest absolute Gasteiger partial charge is 0.320 e. The number of carbonyl (C=O) groups is 1. The average molecular weight is 220 g/mol. The van der Waals surface area contributed by atoms with Gasteiger partial charge in [0.1, 0.15) is 0 Å². The smallest absolute Gasteiger partial charge is 0.255 e. The van der Waals surface area contributed by atoms with Gasteiger partial charge in [-0.15, -0.1) is 0 Å². The van der Waals surface area contributed by atoms with Crippen molar-refractivity contribution < 1.29 is 13.6 Å². The Morgan fingerprint density at radius 3 is 2.53 bits per heavy atom. The van der Waals surface area contributed by atoms with Crippen molar-refractivity contribution in [2.45, 2.75) is 45.8 Å². The lowest BCUT2D eigenvalue weighted by molar-refractivity contribution is -0.131. The van der Waals surface area contributed by atoms with E-state index in [0.29, 0.717) is 12.3 Å². The van der Waals surface area contributed by atoms with Gasteiger partial charge in [-0.25, -0.2) is 8.78 Å². The van der Waals surface area contributed by atoms with Gasteiger partial charge in [-0.05, 0) is 19.3 Å². The Morgan fingerprint density at radius 1 is 1.47 bits per heavy atom. The van der Waals surface area contributed by atoms with E-state index in [1.165, 1.54) is 4.90 Å². The molecule has 1 amide bonds. The summed E-state index contributed by atoms with van der Waals surface area (Å²) >= 11 is 0. The summed E-state index contributed by atoms with van der Waals surface area (Å²) < 4.78 is 24.4. The first-order valence-corrected chi connectivity index (χ1v) is 5.26. The average Bonchev–Trinajstić information content (AvgIpc) is 2.31. The summed E-state index contributed by atoms with van der Waals surface area (Å²) in [6, 6.07) is -0.293. The lowest BCUT2D eigenvalue weighted by Gasteiger charge is -2.19. The van der Waals surface area contributed by atoms with Gasteiger partial charge in [0, 0.05) is 0 Å². The minimum absolute atomic E-state index is 0.198. The minimum Gasteiger partial charge on any atom is -0.320 e. The molecule has 0 bridgehead atoms. The molecule has 0 aromatic rings. The van der Waals surface area contributed by atoms with Crippen LogP contribution in [0, 0.1) is 5.92 Å². The minimum atomic E-state index is -2.46. The molecule has 1 fully saturated rings. The Morgan fingerprint density at radius 2 is 2.07 bits per heavy atom. The number of nitrogens with one attached hydrogen (secondary N) is 1. The first kappa shape index (κ1) is 12.4. The summed E-state index contributed by atoms with van der Waals surface area (Å²) in [7, 11) is 0. The molecule has 1 aliphatic heterocycles. The van der Waals surface area contributed by atoms with Gasteiger partial charge in [0.05, 0.1) is 18.8 Å². The summed E-state index contributed by atoms with van der Waals surface area (Å²) in [4.78, 5) is 12.9. The fourth-order valence-corrected chi connectivity index (χ4v) is 1.88. The molecule has 5 heteroatoms. The highest BCUT2D eigenvalue weighted by Crippen LogP contribution is 2.17. The SMILES string of the molecule is CC(C)CC1NC(C)N(CC(F)F)C1=O. The second-order valence-electron chi connectivity index (χ2n) is 4.41. The van der Waals surface area contributed by atoms with Crippen molar-refractivity contribution in [3.63, 3.8) is 0 Å². The molecule has 0 spiro atoms. The van der Waals surface area contributed by atoms with Crippen LogP contribution < -0.4 is 5.32 Å². The zero-order valence-electron chi connectivity index (χ0n) is 9.34. The van der Waals surface area contributed by atoms with Gasteiger partial charge in [-0.3, -0.25) is 10.1 Å². The number of hydrogen-bond acceptors (Lipinski definition) is 2. The van der Waals surface area contributed by atoms with Crippen molar-refractivity contribution in [2.24, 2.45) is 5.92 Å². The molecule has 0 saturated carbocycles. The maximum absolute atomic E-state index is 12.2. The van der Waals surface area contributed by atoms with Gasteiger partial charge in [0.25, 0.3) is 6.43 Å². The van der Waals surface area contributed by atoms with Crippen LogP contribution in [0.2, 0.25) is 0 Å². The standard InChI is InChI=1S/C10H18F2N2O/c1-6(2)4-8-10(15)14(5-9(11)12)7(3)13-8/h6-9,13H,4-5H2,1-3H3. The lowest BCUT2D eigenvalue weighted by atomic mass is 10.0. The molecule has 2 unspecified atom stereocenters. The maximum atomic E-state index is 12.2. The third-order valence-electron chi connectivity index (χ3n) is 2.53. The van der Waals surface area contributed by atoms with Crippen molar-refractivity contribution >= 4 is 5.91 Å². The predicted octanol–water partition coefficient (Wildman–Crippen LogP) is 1.44. The van der Waals surface area contributed by atoms with Crippen molar-refractivity contribution in [3.8, 4) is 0 Å². The zero-order valence-corrected chi connectivity index (χ0v) is 9.34. The van der Waals surface area contributed by atoms with Gasteiger partial charge in [-0.2, -0.15) is 0 Å². The highest BCUT2D eigenvalue weighted by Gasteiger charge is 2.37. The van der Waals surface area contributed by atoms with E-state index < -0.39 is 13.0 Å². The second-order valence-corrected chi connectivity index (χ2v) is 4.41. The Labute approximate surface area is 88.8 Å². The van der Waals surface area contributed by atoms with Crippen LogP contribution in [-0.2, 0) is 4.79 Å². The molecule has 88 valence electrons. The van der Waals surface area contributed by atoms with E-state index in [9.17, 15) is 13.6 Å². The molecular formula is C10H18F2N2O. The van der Waals surface area contributed by atoms with Crippen LogP contribution >= 0.6 is 0 Å². The Hall–Kier alpha value is -0.710. The van der Waals surface area contributed by atoms with E-state index >= 15 is 0 Å². The summed E-state index contributed by atoms with van der Waals surface area (Å²) in [5, 5.41) is 3.03. The third kappa shape index (κ3) is 3.12. The number of rotatable bonds is 4. The van der Waals surface area contributed by atoms with Gasteiger partial charge in [0.2, 0.25) is 5.91 Å². The van der Waals surface area contributed by atoms with Crippen molar-refractivity contribution in [1.29, 1.82) is 0 Å². The number of nitrogens with zero attached hydrogens (tertiary/aromatic N) is 1. The van der Waals surface area contributed by atoms with Gasteiger partial charge in [0.15, 0.2) is 0 Å². The predicted molar refractivity (Wildman–Crippen MR) is 53.6 cm³/mol. The molecule has 0 aromatic carbocycles. The van der Waals surface area contributed by atoms with Crippen LogP contribution in [0.1, 0.15) is 27.2 Å². The van der Waals surface area contributed by atoms with Crippen LogP contribution in [0.25, 0.3) is 0 Å². The molecule has 0 radical (unpaired) electrons. The van der Waals surface area contributed by atoms with E-state index in [-0.39, 0.29) is 18.1 Å². The van der Waals surface area contributed by atoms with Gasteiger partial charge >= 0.3 is 0 Å². The highest BCUT2D eigenvalue weighted by molar-refractivity contribution is 5.84. The molecule has 3 nitrogen and oxygen atoms in total. The molecule has 0 aromatic heterocycles. The number of carbonyl (C=O) groups excluding carboxylic acids is 1. The summed E-state index contributed by atoms with van der Waals surface area (Å²) in [5.74, 6) is 0.182. The van der Waals surface area contributed by atoms with Crippen LogP contribution in [0.15, 0.2) is 0 Å². The molecule has 2 atom stereocenters. The molecule has 1 saturated heterocycles. The van der Waals surface area contributed by atoms with Gasteiger partial charge in [-0.1, -0.05) is 13.8 Å². The molecule has 0 aliphatic carbocycles. The zero-order chi connectivity index (χ0) is 11.6. The fraction of sp³-hybridized carbons (Fsp3) is 0.900. The van der Waals surface area contributed by atoms with Crippen LogP contribution in [-0.4, -0.2) is 36.0 Å². The normalized spacial score (nSPS) is 27.1. The molecule has 1 aliphatic rings. The maximum Gasteiger partial charge on any atom is 0.255 e. The molecule has 1 rings (SSSR count). The van der Waals surface area contributed by atoms with Crippen molar-refractivity contribution in [1.82, 2.24) is 10.2 Å². The quantitative estimate of drug-likeness (QED) is 0.777. The molecule has 1 heterocycles. The third-order valence-corrected chi connectivity index (χ3v) is 2.53. The van der Waals surface area contributed by atoms with E-state index in [0.717, 1.165) is 0 Å². The summed E-state index contributed by atoms with van der Waals surface area (Å²) in [6.07, 6.45) is -2.05. The van der Waals surface area contributed by atoms with Crippen LogP contribution in [0.4, 0.5) is 8.78 Å². The van der Waals surface area contributed by atoms with E-state index in [4.69, 9.17) is 0 Å². The fourth-order valence-electron chi connectivity index (χ4n) is 1.88. The van der Waals surface area contributed by atoms with Crippen molar-refractivity contribution in [3.05, 3.63) is 0 Å². The summed E-state index contributed by atoms with van der Waals surface area (Å²) in [5.41, 5.74) is 0. The van der Waals surface area contributed by atoms with E-state index in [1.54, 1.807) is 6.92 Å². The second kappa shape index (κ2) is 4.88. The molecule has 15 heavy (non-hydrogen) atoms. The van der Waals surface area contributed by atoms with Crippen LogP contribution in [0.5, 0.6) is 0 Å². The number of hydrogen-bond donors (Lipinski definition) is 1. The summed E-state index contributed by atoms with van der Waals surface area (Å²) in [6.45, 7) is 5.28. The van der Waals surface area contributed by atoms with E-state index in [1.807, 2.05) is 13.8 Å². The first-order valence-electron chi connectivity index (χ1n) is 5.26. The van der Waals surface area contributed by atoms with E-state index in [2.05, 4.69) is 5.32 Å². The molecule has 1 N–H and O–H groups in total. The number of alkyl halides is 2. The van der Waals surface area contributed by atoms with Crippen LogP contribution in [0.3, 0.4) is 0 Å². The first-order chi connectivity index (χ1) is 6.91. The Bertz CT molecular complexity index is 233. The topological polar surface area (TPSA) is 32.3 Å². The Balaban J connectivity index is 2.58. The number of amides is 1. The number of halogens is 2. The van der Waals surface area contributed by atoms with Gasteiger partial charge < -0.3 is 4.90 Å². The highest BCUT2D eigenvalue weighted by atomic mass is 19.3. The lowest BCUT2D eigenvalue weighted by Crippen LogP contribution is -2.38.